The van der Waals surface area contributed by atoms with E-state index >= 15 is 0 Å². The number of hydrogen-bond acceptors (Lipinski definition) is 17. The SMILES string of the molecule is NC(=O)[C@H](CCCCNC(=O)CN1C(=O)C=CC1=O)NC(=O)[C@H](CCCCNC(=O)CONC(=O)OCC1c2ccccc2-c2ccccc21)NC(=O)OCCNC(=O)OCCNC(=O)On1c(O)ccc1O. The van der Waals surface area contributed by atoms with Gasteiger partial charge < -0.3 is 66.9 Å². The van der Waals surface area contributed by atoms with Gasteiger partial charge in [-0.3, -0.25) is 38.5 Å². The standard InChI is InChI=1S/C46H56N10O17/c47-41(63)33(13-5-7-19-48-35(57)25-55-37(59)15-16-38(55)60)52-42(64)34(53-45(67)70-24-21-50-43(65)69-23-22-51-44(66)73-56-39(61)17-18-40(56)62)14-6-8-20-49-36(58)27-72-54-46(68)71-26-32-30-11-3-1-9-28(30)29-10-2-4-12-31(29)32/h1-4,9-12,15-18,32-34,61-62H,5-8,13-14,19-27H2,(H2,47,63)(H,48,57)(H,49,58)(H,50,65)(H,51,66)(H,52,64)(H,53,67)(H,54,68)/t33-,34-/m0/s1. The number of nitrogens with zero attached hydrogens (tertiary/aromatic N) is 2. The van der Waals surface area contributed by atoms with Gasteiger partial charge >= 0.3 is 24.4 Å². The molecule has 1 aliphatic heterocycles. The lowest BCUT2D eigenvalue weighted by Gasteiger charge is -2.22. The second-order valence-corrected chi connectivity index (χ2v) is 16.0. The minimum Gasteiger partial charge on any atom is -0.492 e. The molecule has 2 atom stereocenters. The highest BCUT2D eigenvalue weighted by Crippen LogP contribution is 2.44. The number of hydroxylamine groups is 1. The first kappa shape index (κ1) is 55.1. The van der Waals surface area contributed by atoms with Gasteiger partial charge in [0.15, 0.2) is 6.61 Å². The Balaban J connectivity index is 1.01. The maximum absolute atomic E-state index is 13.5. The molecular weight excluding hydrogens is 965 g/mol. The van der Waals surface area contributed by atoms with Gasteiger partial charge in [-0.2, -0.15) is 5.48 Å². The third-order valence-electron chi connectivity index (χ3n) is 10.8. The van der Waals surface area contributed by atoms with Gasteiger partial charge in [0.05, 0.1) is 13.1 Å². The fourth-order valence-corrected chi connectivity index (χ4v) is 7.29. The number of hydrogen-bond donors (Lipinski definition) is 10. The van der Waals surface area contributed by atoms with E-state index in [1.807, 2.05) is 48.5 Å². The summed E-state index contributed by atoms with van der Waals surface area (Å²) in [6.45, 7) is -1.95. The van der Waals surface area contributed by atoms with E-state index in [4.69, 9.17) is 24.8 Å². The molecule has 0 fully saturated rings. The molecule has 27 heteroatoms. The number of imide groups is 1. The summed E-state index contributed by atoms with van der Waals surface area (Å²) in [4.78, 5) is 134. The number of ether oxygens (including phenoxy) is 3. The molecule has 10 amide bonds. The van der Waals surface area contributed by atoms with Crippen LogP contribution in [0.2, 0.25) is 0 Å². The third kappa shape index (κ3) is 17.5. The molecular formula is C46H56N10O17. The van der Waals surface area contributed by atoms with Crippen LogP contribution in [0.3, 0.4) is 0 Å². The van der Waals surface area contributed by atoms with Crippen molar-refractivity contribution in [1.82, 2.24) is 47.0 Å². The van der Waals surface area contributed by atoms with Crippen molar-refractivity contribution in [2.24, 2.45) is 5.73 Å². The number of nitrogens with two attached hydrogens (primary N) is 1. The lowest BCUT2D eigenvalue weighted by molar-refractivity contribution is -0.141. The van der Waals surface area contributed by atoms with Crippen LogP contribution < -0.4 is 48.0 Å². The molecule has 5 rings (SSSR count). The Labute approximate surface area is 416 Å². The number of primary amides is 1. The Bertz CT molecular complexity index is 2430. The van der Waals surface area contributed by atoms with Gasteiger partial charge in [-0.15, -0.1) is 4.73 Å². The summed E-state index contributed by atoms with van der Waals surface area (Å²) in [6.07, 6.45) is -0.744. The number of alkyl carbamates (subject to hydrolysis) is 2. The van der Waals surface area contributed by atoms with E-state index < -0.39 is 103 Å². The van der Waals surface area contributed by atoms with Gasteiger partial charge in [-0.1, -0.05) is 48.5 Å². The molecule has 1 aromatic heterocycles. The minimum absolute atomic E-state index is 0.0222. The molecule has 0 bridgehead atoms. The highest BCUT2D eigenvalue weighted by Gasteiger charge is 2.30. The van der Waals surface area contributed by atoms with Crippen LogP contribution in [0.4, 0.5) is 19.2 Å². The molecule has 0 saturated carbocycles. The van der Waals surface area contributed by atoms with Crippen molar-refractivity contribution in [3.8, 4) is 22.9 Å². The molecule has 3 aromatic rings. The van der Waals surface area contributed by atoms with E-state index in [0.29, 0.717) is 11.2 Å². The third-order valence-corrected chi connectivity index (χ3v) is 10.8. The number of fused-ring (bicyclic) bond motifs is 3. The number of benzene rings is 2. The van der Waals surface area contributed by atoms with Crippen LogP contribution in [0.25, 0.3) is 11.1 Å². The number of aromatic nitrogens is 1. The van der Waals surface area contributed by atoms with Crippen LogP contribution in [0.5, 0.6) is 11.8 Å². The number of rotatable bonds is 28. The number of nitrogens with one attached hydrogen (secondary N) is 7. The zero-order valence-corrected chi connectivity index (χ0v) is 39.3. The topological polar surface area (TPSA) is 376 Å². The van der Waals surface area contributed by atoms with Gasteiger partial charge in [0.25, 0.3) is 11.8 Å². The van der Waals surface area contributed by atoms with Gasteiger partial charge in [-0.25, -0.2) is 19.2 Å². The largest absolute Gasteiger partial charge is 0.492 e. The Kier molecular flexibility index (Phi) is 21.2. The van der Waals surface area contributed by atoms with E-state index in [9.17, 15) is 58.2 Å². The maximum Gasteiger partial charge on any atom is 0.432 e. The number of unbranched alkanes of at least 4 members (excludes halogenated alkanes) is 2. The number of carbonyl (C=O) groups excluding carboxylic acids is 10. The molecule has 392 valence electrons. The highest BCUT2D eigenvalue weighted by atomic mass is 16.7. The van der Waals surface area contributed by atoms with E-state index in [0.717, 1.165) is 51.4 Å². The lowest BCUT2D eigenvalue weighted by atomic mass is 9.98. The van der Waals surface area contributed by atoms with Gasteiger partial charge in [0.1, 0.15) is 38.4 Å². The minimum atomic E-state index is -1.29. The fourth-order valence-electron chi connectivity index (χ4n) is 7.29. The molecule has 0 unspecified atom stereocenters. The number of amides is 10. The monoisotopic (exact) mass is 1020 g/mol. The van der Waals surface area contributed by atoms with Crippen LogP contribution in [0.1, 0.15) is 55.6 Å². The summed E-state index contributed by atoms with van der Waals surface area (Å²) in [6, 6.07) is 15.3. The van der Waals surface area contributed by atoms with Crippen molar-refractivity contribution in [2.45, 2.75) is 56.5 Å². The molecule has 0 spiro atoms. The van der Waals surface area contributed by atoms with E-state index in [1.54, 1.807) is 0 Å². The average Bonchev–Trinajstić information content (AvgIpc) is 3.98. The van der Waals surface area contributed by atoms with Crippen LogP contribution in [-0.4, -0.2) is 151 Å². The van der Waals surface area contributed by atoms with Crippen LogP contribution in [-0.2, 0) is 47.8 Å². The van der Waals surface area contributed by atoms with Crippen molar-refractivity contribution in [1.29, 1.82) is 0 Å². The fraction of sp³-hybridized carbons (Fsp3) is 0.391. The molecule has 1 aliphatic carbocycles. The Morgan fingerprint density at radius 3 is 1.75 bits per heavy atom. The molecule has 2 aliphatic rings. The average molecular weight is 1020 g/mol. The number of aromatic hydroxyl groups is 2. The first-order valence-corrected chi connectivity index (χ1v) is 22.9. The summed E-state index contributed by atoms with van der Waals surface area (Å²) in [5, 5.41) is 33.7. The van der Waals surface area contributed by atoms with Gasteiger partial charge in [0, 0.05) is 43.3 Å². The van der Waals surface area contributed by atoms with Crippen LogP contribution in [0, 0.1) is 0 Å². The summed E-state index contributed by atoms with van der Waals surface area (Å²) in [7, 11) is 0. The summed E-state index contributed by atoms with van der Waals surface area (Å²) in [5.41, 5.74) is 11.8. The highest BCUT2D eigenvalue weighted by molar-refractivity contribution is 6.14. The second kappa shape index (κ2) is 28.1. The molecule has 11 N–H and O–H groups in total. The molecule has 2 aromatic carbocycles. The Morgan fingerprint density at radius 1 is 0.603 bits per heavy atom. The number of carbonyl (C=O) groups is 10. The Morgan fingerprint density at radius 2 is 1.15 bits per heavy atom. The molecule has 27 nitrogen and oxygen atoms in total. The molecule has 0 saturated heterocycles. The molecule has 0 radical (unpaired) electrons. The normalized spacial score (nSPS) is 13.1. The predicted octanol–water partition coefficient (Wildman–Crippen LogP) is -0.203. The summed E-state index contributed by atoms with van der Waals surface area (Å²) in [5.74, 6) is -5.34. The first-order chi connectivity index (χ1) is 35.1. The van der Waals surface area contributed by atoms with Crippen LogP contribution in [0.15, 0.2) is 72.8 Å². The first-order valence-electron chi connectivity index (χ1n) is 22.9. The lowest BCUT2D eigenvalue weighted by Crippen LogP contribution is -2.53. The predicted molar refractivity (Wildman–Crippen MR) is 250 cm³/mol. The van der Waals surface area contributed by atoms with Crippen molar-refractivity contribution >= 4 is 59.8 Å². The van der Waals surface area contributed by atoms with E-state index in [-0.39, 0.29) is 77.4 Å². The zero-order valence-electron chi connectivity index (χ0n) is 39.3. The van der Waals surface area contributed by atoms with Crippen molar-refractivity contribution in [3.63, 3.8) is 0 Å². The summed E-state index contributed by atoms with van der Waals surface area (Å²) >= 11 is 0. The summed E-state index contributed by atoms with van der Waals surface area (Å²) < 4.78 is 15.8. The van der Waals surface area contributed by atoms with E-state index in [1.165, 1.54) is 0 Å². The smallest absolute Gasteiger partial charge is 0.432 e. The Hall–Kier alpha value is -8.88. The van der Waals surface area contributed by atoms with Gasteiger partial charge in [-0.05, 0) is 60.8 Å². The van der Waals surface area contributed by atoms with Crippen molar-refractivity contribution in [3.05, 3.63) is 83.9 Å². The quantitative estimate of drug-likeness (QED) is 0.0195. The van der Waals surface area contributed by atoms with Gasteiger partial charge in [0.2, 0.25) is 35.4 Å². The van der Waals surface area contributed by atoms with Crippen molar-refractivity contribution < 1.29 is 82.0 Å². The van der Waals surface area contributed by atoms with E-state index in [2.05, 4.69) is 42.2 Å². The van der Waals surface area contributed by atoms with Crippen molar-refractivity contribution in [2.75, 3.05) is 59.2 Å². The second-order valence-electron chi connectivity index (χ2n) is 16.0. The maximum atomic E-state index is 13.5. The zero-order chi connectivity index (χ0) is 52.7. The molecule has 2 heterocycles. The van der Waals surface area contributed by atoms with Crippen LogP contribution >= 0.6 is 0 Å². The molecule has 73 heavy (non-hydrogen) atoms.